The topological polar surface area (TPSA) is 37.3 Å². The predicted octanol–water partition coefficient (Wildman–Crippen LogP) is 2.62. The molecule has 0 aliphatic carbocycles. The number of rotatable bonds is 1. The van der Waals surface area contributed by atoms with E-state index in [0.29, 0.717) is 5.56 Å². The second kappa shape index (κ2) is 4.70. The maximum atomic E-state index is 10.8. The quantitative estimate of drug-likeness (QED) is 0.770. The first kappa shape index (κ1) is 13.3. The molecule has 0 saturated carbocycles. The first-order valence-electron chi connectivity index (χ1n) is 4.26. The van der Waals surface area contributed by atoms with Crippen molar-refractivity contribution in [3.8, 4) is 0 Å². The number of carboxylic acid groups (broad SMARTS) is 1. The first-order chi connectivity index (χ1) is 5.95. The Kier molecular flexibility index (Phi) is 4.47. The van der Waals surface area contributed by atoms with Crippen LogP contribution in [0, 0.1) is 27.7 Å². The average Bonchev–Trinajstić information content (AvgIpc) is 2.07. The number of carbonyl (C=O) groups is 1. The van der Waals surface area contributed by atoms with Crippen LogP contribution in [-0.4, -0.2) is 11.1 Å². The Labute approximate surface area is 97.1 Å². The number of hydrogen-bond acceptors (Lipinski definition) is 1. The smallest absolute Gasteiger partial charge is 0.335 e. The molecule has 0 bridgehead atoms. The van der Waals surface area contributed by atoms with Crippen LogP contribution in [-0.2, 0) is 19.5 Å². The molecule has 1 aromatic carbocycles. The molecule has 0 amide bonds. The maximum Gasteiger partial charge on any atom is 0.335 e. The van der Waals surface area contributed by atoms with E-state index in [9.17, 15) is 4.79 Å². The summed E-state index contributed by atoms with van der Waals surface area (Å²) in [5, 5.41) is 8.91. The van der Waals surface area contributed by atoms with Crippen molar-refractivity contribution in [3.63, 3.8) is 0 Å². The molecule has 0 aromatic heterocycles. The maximum absolute atomic E-state index is 10.8. The van der Waals surface area contributed by atoms with Gasteiger partial charge < -0.3 is 5.11 Å². The summed E-state index contributed by atoms with van der Waals surface area (Å²) in [6.45, 7) is 7.77. The zero-order valence-corrected chi connectivity index (χ0v) is 12.1. The van der Waals surface area contributed by atoms with E-state index in [0.717, 1.165) is 16.7 Å². The molecule has 0 saturated heterocycles. The van der Waals surface area contributed by atoms with Crippen molar-refractivity contribution in [1.82, 2.24) is 0 Å². The summed E-state index contributed by atoms with van der Waals surface area (Å²) in [6.07, 6.45) is 0. The molecule has 1 rings (SSSR count). The summed E-state index contributed by atoms with van der Waals surface area (Å²) >= 11 is 0. The predicted molar refractivity (Wildman–Crippen MR) is 52.3 cm³/mol. The van der Waals surface area contributed by atoms with E-state index in [1.165, 1.54) is 5.56 Å². The van der Waals surface area contributed by atoms with Gasteiger partial charge in [-0.15, -0.1) is 0 Å². The molecule has 0 radical (unpaired) electrons. The van der Waals surface area contributed by atoms with Gasteiger partial charge in [-0.1, -0.05) is 0 Å². The van der Waals surface area contributed by atoms with Gasteiger partial charge in [-0.3, -0.25) is 0 Å². The number of aryl methyl sites for hydroxylation is 1. The normalized spacial score (nSPS) is 9.43. The zero-order valence-electron chi connectivity index (χ0n) is 9.14. The minimum Gasteiger partial charge on any atom is -0.478 e. The van der Waals surface area contributed by atoms with Gasteiger partial charge in [0.05, 0.1) is 5.56 Å². The van der Waals surface area contributed by atoms with E-state index in [4.69, 9.17) is 5.11 Å². The summed E-state index contributed by atoms with van der Waals surface area (Å²) < 4.78 is 0. The van der Waals surface area contributed by atoms with Crippen LogP contribution in [0.25, 0.3) is 0 Å². The monoisotopic (exact) mass is 242 g/mol. The first-order valence-corrected chi connectivity index (χ1v) is 4.26. The molecule has 0 aliphatic heterocycles. The van der Waals surface area contributed by atoms with Crippen molar-refractivity contribution in [1.29, 1.82) is 0 Å². The number of aromatic carboxylic acids is 1. The van der Waals surface area contributed by atoms with Gasteiger partial charge >= 0.3 is 5.97 Å². The van der Waals surface area contributed by atoms with Crippen LogP contribution in [0.1, 0.15) is 32.6 Å². The molecular formula is C11H14O2Zn. The van der Waals surface area contributed by atoms with Crippen LogP contribution in [0.4, 0.5) is 0 Å². The molecule has 14 heavy (non-hydrogen) atoms. The minimum absolute atomic E-state index is 0. The fraction of sp³-hybridized carbons (Fsp3) is 0.364. The van der Waals surface area contributed by atoms with Gasteiger partial charge in [0.1, 0.15) is 0 Å². The van der Waals surface area contributed by atoms with Crippen LogP contribution < -0.4 is 0 Å². The average molecular weight is 244 g/mol. The summed E-state index contributed by atoms with van der Waals surface area (Å²) in [4.78, 5) is 10.8. The van der Waals surface area contributed by atoms with Gasteiger partial charge in [0, 0.05) is 19.5 Å². The Balaban J connectivity index is 0.00000169. The molecule has 0 atom stereocenters. The van der Waals surface area contributed by atoms with E-state index >= 15 is 0 Å². The van der Waals surface area contributed by atoms with Gasteiger partial charge in [-0.25, -0.2) is 4.79 Å². The van der Waals surface area contributed by atoms with Crippen molar-refractivity contribution in [2.75, 3.05) is 0 Å². The Morgan fingerprint density at radius 2 is 1.57 bits per heavy atom. The molecule has 2 nitrogen and oxygen atoms in total. The number of benzene rings is 1. The second-order valence-electron chi connectivity index (χ2n) is 3.42. The van der Waals surface area contributed by atoms with Gasteiger partial charge in [0.15, 0.2) is 0 Å². The summed E-state index contributed by atoms with van der Waals surface area (Å²) in [5.41, 5.74) is 4.59. The molecule has 1 N–H and O–H groups in total. The molecular weight excluding hydrogens is 230 g/mol. The third kappa shape index (κ3) is 2.21. The van der Waals surface area contributed by atoms with E-state index in [-0.39, 0.29) is 19.5 Å². The van der Waals surface area contributed by atoms with E-state index in [1.54, 1.807) is 6.07 Å². The molecule has 72 valence electrons. The van der Waals surface area contributed by atoms with Crippen molar-refractivity contribution >= 4 is 5.97 Å². The summed E-state index contributed by atoms with van der Waals surface area (Å²) in [7, 11) is 0. The summed E-state index contributed by atoms with van der Waals surface area (Å²) in [5.74, 6) is -0.844. The van der Waals surface area contributed by atoms with Crippen molar-refractivity contribution in [2.24, 2.45) is 0 Å². The van der Waals surface area contributed by atoms with Crippen LogP contribution in [0.5, 0.6) is 0 Å². The summed E-state index contributed by atoms with van der Waals surface area (Å²) in [6, 6.07) is 1.74. The Bertz CT molecular complexity index is 370. The minimum atomic E-state index is -0.844. The standard InChI is InChI=1S/C11H14O2.Zn/c1-6-5-10(11(12)13)9(4)8(3)7(6)2;/h5H,1-4H3,(H,12,13);. The largest absolute Gasteiger partial charge is 0.478 e. The SMILES string of the molecule is Cc1cc(C(=O)O)c(C)c(C)c1C.[Zn]. The number of carboxylic acids is 1. The molecule has 1 aromatic rings. The molecule has 0 fully saturated rings. The molecule has 0 aliphatic rings. The Morgan fingerprint density at radius 3 is 2.00 bits per heavy atom. The fourth-order valence-corrected chi connectivity index (χ4v) is 1.43. The molecule has 0 heterocycles. The van der Waals surface area contributed by atoms with Gasteiger partial charge in [0.25, 0.3) is 0 Å². The van der Waals surface area contributed by atoms with Crippen molar-refractivity contribution in [2.45, 2.75) is 27.7 Å². The Morgan fingerprint density at radius 1 is 1.07 bits per heavy atom. The van der Waals surface area contributed by atoms with Gasteiger partial charge in [-0.2, -0.15) is 0 Å². The van der Waals surface area contributed by atoms with Crippen LogP contribution >= 0.6 is 0 Å². The van der Waals surface area contributed by atoms with Gasteiger partial charge in [-0.05, 0) is 56.0 Å². The molecule has 0 spiro atoms. The van der Waals surface area contributed by atoms with Crippen molar-refractivity contribution in [3.05, 3.63) is 33.9 Å². The third-order valence-corrected chi connectivity index (χ3v) is 2.71. The van der Waals surface area contributed by atoms with E-state index in [2.05, 4.69) is 0 Å². The van der Waals surface area contributed by atoms with E-state index in [1.807, 2.05) is 27.7 Å². The van der Waals surface area contributed by atoms with Crippen LogP contribution in [0.2, 0.25) is 0 Å². The zero-order chi connectivity index (χ0) is 10.2. The van der Waals surface area contributed by atoms with Gasteiger partial charge in [0.2, 0.25) is 0 Å². The third-order valence-electron chi connectivity index (χ3n) is 2.71. The number of hydrogen-bond donors (Lipinski definition) is 1. The van der Waals surface area contributed by atoms with E-state index < -0.39 is 5.97 Å². The second-order valence-corrected chi connectivity index (χ2v) is 3.42. The fourth-order valence-electron chi connectivity index (χ4n) is 1.43. The molecule has 3 heteroatoms. The molecule has 0 unspecified atom stereocenters. The van der Waals surface area contributed by atoms with Crippen LogP contribution in [0.3, 0.4) is 0 Å². The van der Waals surface area contributed by atoms with Crippen molar-refractivity contribution < 1.29 is 29.4 Å². The Hall–Kier alpha value is -0.687. The van der Waals surface area contributed by atoms with Crippen LogP contribution in [0.15, 0.2) is 6.07 Å².